The van der Waals surface area contributed by atoms with Crippen LogP contribution in [0.4, 0.5) is 0 Å². The average molecular weight is 303 g/mol. The van der Waals surface area contributed by atoms with Crippen LogP contribution in [0.15, 0.2) is 34.7 Å². The van der Waals surface area contributed by atoms with Gasteiger partial charge in [-0.25, -0.2) is 0 Å². The summed E-state index contributed by atoms with van der Waals surface area (Å²) < 4.78 is 11.2. The van der Waals surface area contributed by atoms with E-state index >= 15 is 0 Å². The molecule has 1 amide bonds. The van der Waals surface area contributed by atoms with Crippen molar-refractivity contribution in [2.45, 2.75) is 26.9 Å². The molecule has 0 saturated heterocycles. The molecule has 2 rings (SSSR count). The first kappa shape index (κ1) is 16.1. The number of ether oxygens (including phenoxy) is 1. The molecule has 0 radical (unpaired) electrons. The third kappa shape index (κ3) is 4.36. The predicted molar refractivity (Wildman–Crippen MR) is 83.0 cm³/mol. The van der Waals surface area contributed by atoms with Crippen molar-refractivity contribution < 1.29 is 19.1 Å². The molecule has 0 unspecified atom stereocenters. The first-order chi connectivity index (χ1) is 10.6. The van der Waals surface area contributed by atoms with Gasteiger partial charge in [0, 0.05) is 13.2 Å². The monoisotopic (exact) mass is 303 g/mol. The lowest BCUT2D eigenvalue weighted by Crippen LogP contribution is -2.24. The summed E-state index contributed by atoms with van der Waals surface area (Å²) in [6, 6.07) is 9.32. The van der Waals surface area contributed by atoms with E-state index in [4.69, 9.17) is 14.3 Å². The molecule has 1 heterocycles. The zero-order valence-corrected chi connectivity index (χ0v) is 12.9. The van der Waals surface area contributed by atoms with Gasteiger partial charge < -0.3 is 19.6 Å². The molecule has 0 aliphatic heterocycles. The van der Waals surface area contributed by atoms with Gasteiger partial charge in [-0.3, -0.25) is 4.79 Å². The Hall–Kier alpha value is -2.27. The van der Waals surface area contributed by atoms with E-state index in [0.29, 0.717) is 18.7 Å². The number of hydrogen-bond acceptors (Lipinski definition) is 4. The van der Waals surface area contributed by atoms with Crippen LogP contribution in [0.3, 0.4) is 0 Å². The molecule has 5 nitrogen and oxygen atoms in total. The smallest absolute Gasteiger partial charge is 0.286 e. The third-order valence-electron chi connectivity index (χ3n) is 3.21. The number of benzene rings is 1. The van der Waals surface area contributed by atoms with E-state index in [2.05, 4.69) is 11.4 Å². The standard InChI is InChI=1S/C17H21NO4/c1-12-4-6-15(13(2)10-12)21-11-14-5-7-16(22-14)17(20)18-8-3-9-19/h4-7,10,19H,3,8-9,11H2,1-2H3,(H,18,20). The van der Waals surface area contributed by atoms with Gasteiger partial charge in [0.1, 0.15) is 18.1 Å². The maximum absolute atomic E-state index is 11.8. The Morgan fingerprint density at radius 3 is 2.82 bits per heavy atom. The molecule has 0 fully saturated rings. The lowest BCUT2D eigenvalue weighted by Gasteiger charge is -2.08. The Balaban J connectivity index is 1.90. The summed E-state index contributed by atoms with van der Waals surface area (Å²) in [5.74, 6) is 1.35. The third-order valence-corrected chi connectivity index (χ3v) is 3.21. The van der Waals surface area contributed by atoms with E-state index in [1.54, 1.807) is 12.1 Å². The van der Waals surface area contributed by atoms with E-state index in [1.807, 2.05) is 26.0 Å². The number of furan rings is 1. The van der Waals surface area contributed by atoms with Crippen LogP contribution in [-0.4, -0.2) is 24.2 Å². The lowest BCUT2D eigenvalue weighted by molar-refractivity contribution is 0.0919. The fraction of sp³-hybridized carbons (Fsp3) is 0.353. The number of rotatable bonds is 7. The van der Waals surface area contributed by atoms with Crippen molar-refractivity contribution in [3.63, 3.8) is 0 Å². The molecule has 118 valence electrons. The van der Waals surface area contributed by atoms with Crippen LogP contribution in [0.1, 0.15) is 33.9 Å². The largest absolute Gasteiger partial charge is 0.485 e. The van der Waals surface area contributed by atoms with Crippen LogP contribution in [0, 0.1) is 13.8 Å². The van der Waals surface area contributed by atoms with E-state index in [9.17, 15) is 4.79 Å². The molecular formula is C17H21NO4. The SMILES string of the molecule is Cc1ccc(OCc2ccc(C(=O)NCCCO)o2)c(C)c1. The fourth-order valence-electron chi connectivity index (χ4n) is 2.06. The number of carbonyl (C=O) groups excluding carboxylic acids is 1. The number of carbonyl (C=O) groups is 1. The van der Waals surface area contributed by atoms with Crippen LogP contribution >= 0.6 is 0 Å². The van der Waals surface area contributed by atoms with Crippen molar-refractivity contribution in [3.05, 3.63) is 53.0 Å². The van der Waals surface area contributed by atoms with Crippen LogP contribution in [0.25, 0.3) is 0 Å². The second-order valence-electron chi connectivity index (χ2n) is 5.16. The molecule has 1 aromatic carbocycles. The highest BCUT2D eigenvalue weighted by Crippen LogP contribution is 2.20. The molecule has 2 aromatic rings. The second kappa shape index (κ2) is 7.66. The second-order valence-corrected chi connectivity index (χ2v) is 5.16. The van der Waals surface area contributed by atoms with Crippen molar-refractivity contribution in [1.82, 2.24) is 5.32 Å². The topological polar surface area (TPSA) is 71.7 Å². The van der Waals surface area contributed by atoms with Gasteiger partial charge in [-0.15, -0.1) is 0 Å². The highest BCUT2D eigenvalue weighted by Gasteiger charge is 2.11. The quantitative estimate of drug-likeness (QED) is 0.771. The molecular weight excluding hydrogens is 282 g/mol. The van der Waals surface area contributed by atoms with Crippen LogP contribution in [0.5, 0.6) is 5.75 Å². The molecule has 0 atom stereocenters. The van der Waals surface area contributed by atoms with Gasteiger partial charge >= 0.3 is 0 Å². The summed E-state index contributed by atoms with van der Waals surface area (Å²) in [6.07, 6.45) is 0.523. The number of aliphatic hydroxyl groups is 1. The minimum atomic E-state index is -0.286. The fourth-order valence-corrected chi connectivity index (χ4v) is 2.06. The Kier molecular flexibility index (Phi) is 5.61. The van der Waals surface area contributed by atoms with Crippen LogP contribution in [0.2, 0.25) is 0 Å². The maximum atomic E-state index is 11.8. The molecule has 0 aliphatic rings. The first-order valence-corrected chi connectivity index (χ1v) is 7.28. The van der Waals surface area contributed by atoms with Gasteiger partial charge in [0.15, 0.2) is 5.76 Å². The molecule has 0 bridgehead atoms. The van der Waals surface area contributed by atoms with Gasteiger partial charge in [-0.2, -0.15) is 0 Å². The number of aliphatic hydroxyl groups excluding tert-OH is 1. The zero-order valence-electron chi connectivity index (χ0n) is 12.9. The molecule has 1 aromatic heterocycles. The zero-order chi connectivity index (χ0) is 15.9. The van der Waals surface area contributed by atoms with Gasteiger partial charge in [-0.05, 0) is 44.0 Å². The summed E-state index contributed by atoms with van der Waals surface area (Å²) in [6.45, 7) is 4.77. The predicted octanol–water partition coefficient (Wildman–Crippen LogP) is 2.59. The maximum Gasteiger partial charge on any atom is 0.286 e. The highest BCUT2D eigenvalue weighted by molar-refractivity contribution is 5.91. The summed E-state index contributed by atoms with van der Waals surface area (Å²) in [7, 11) is 0. The number of hydrogen-bond donors (Lipinski definition) is 2. The molecule has 0 spiro atoms. The number of nitrogens with one attached hydrogen (secondary N) is 1. The van der Waals surface area contributed by atoms with Gasteiger partial charge in [-0.1, -0.05) is 17.7 Å². The highest BCUT2D eigenvalue weighted by atomic mass is 16.5. The number of amides is 1. The molecule has 0 saturated carbocycles. The Labute approximate surface area is 129 Å². The van der Waals surface area contributed by atoms with Crippen molar-refractivity contribution in [2.75, 3.05) is 13.2 Å². The molecule has 22 heavy (non-hydrogen) atoms. The lowest BCUT2D eigenvalue weighted by atomic mass is 10.1. The van der Waals surface area contributed by atoms with Crippen LogP contribution in [-0.2, 0) is 6.61 Å². The van der Waals surface area contributed by atoms with Crippen molar-refractivity contribution in [2.24, 2.45) is 0 Å². The van der Waals surface area contributed by atoms with E-state index in [-0.39, 0.29) is 24.9 Å². The minimum absolute atomic E-state index is 0.0490. The van der Waals surface area contributed by atoms with Gasteiger partial charge in [0.2, 0.25) is 0 Å². The van der Waals surface area contributed by atoms with E-state index in [1.165, 1.54) is 5.56 Å². The van der Waals surface area contributed by atoms with Crippen molar-refractivity contribution >= 4 is 5.91 Å². The summed E-state index contributed by atoms with van der Waals surface area (Å²) >= 11 is 0. The van der Waals surface area contributed by atoms with Gasteiger partial charge in [0.05, 0.1) is 0 Å². The number of aryl methyl sites for hydroxylation is 2. The summed E-state index contributed by atoms with van der Waals surface area (Å²) in [5, 5.41) is 11.3. The summed E-state index contributed by atoms with van der Waals surface area (Å²) in [5.41, 5.74) is 2.25. The Morgan fingerprint density at radius 2 is 2.09 bits per heavy atom. The van der Waals surface area contributed by atoms with E-state index in [0.717, 1.165) is 11.3 Å². The van der Waals surface area contributed by atoms with E-state index < -0.39 is 0 Å². The Bertz CT molecular complexity index is 633. The van der Waals surface area contributed by atoms with Crippen molar-refractivity contribution in [1.29, 1.82) is 0 Å². The molecule has 0 aliphatic carbocycles. The summed E-state index contributed by atoms with van der Waals surface area (Å²) in [4.78, 5) is 11.8. The normalized spacial score (nSPS) is 10.5. The molecule has 2 N–H and O–H groups in total. The Morgan fingerprint density at radius 1 is 1.27 bits per heavy atom. The van der Waals surface area contributed by atoms with Crippen LogP contribution < -0.4 is 10.1 Å². The molecule has 5 heteroatoms. The minimum Gasteiger partial charge on any atom is -0.485 e. The first-order valence-electron chi connectivity index (χ1n) is 7.28. The van der Waals surface area contributed by atoms with Gasteiger partial charge in [0.25, 0.3) is 5.91 Å². The average Bonchev–Trinajstić information content (AvgIpc) is 2.95. The van der Waals surface area contributed by atoms with Crippen molar-refractivity contribution in [3.8, 4) is 5.75 Å².